The second-order valence-electron chi connectivity index (χ2n) is 6.53. The van der Waals surface area contributed by atoms with Crippen LogP contribution in [-0.4, -0.2) is 28.3 Å². The van der Waals surface area contributed by atoms with Crippen LogP contribution in [0.1, 0.15) is 34.3 Å². The molecule has 0 unspecified atom stereocenters. The van der Waals surface area contributed by atoms with Crippen molar-refractivity contribution in [2.75, 3.05) is 5.01 Å². The molecular weight excluding hydrogens is 391 g/mol. The number of rotatable bonds is 6. The molecular formula is C21H15FN4O2S. The maximum Gasteiger partial charge on any atom is 0.336 e. The van der Waals surface area contributed by atoms with Crippen molar-refractivity contribution in [1.82, 2.24) is 4.98 Å². The minimum atomic E-state index is -1.21. The average Bonchev–Trinajstić information content (AvgIpc) is 3.45. The zero-order valence-electron chi connectivity index (χ0n) is 15.1. The summed E-state index contributed by atoms with van der Waals surface area (Å²) in [4.78, 5) is 16.0. The summed E-state index contributed by atoms with van der Waals surface area (Å²) < 4.78 is 13.4. The van der Waals surface area contributed by atoms with Gasteiger partial charge in [-0.1, -0.05) is 18.2 Å². The molecule has 1 N–H and O–H groups in total. The van der Waals surface area contributed by atoms with Crippen LogP contribution in [0.4, 0.5) is 9.52 Å². The van der Waals surface area contributed by atoms with Crippen LogP contribution in [-0.2, 0) is 0 Å². The largest absolute Gasteiger partial charge is 0.478 e. The quantitative estimate of drug-likeness (QED) is 0.480. The first-order chi connectivity index (χ1) is 14.1. The Labute approximate surface area is 170 Å². The Bertz CT molecular complexity index is 1150. The molecule has 0 atom stereocenters. The fourth-order valence-corrected chi connectivity index (χ4v) is 3.72. The minimum absolute atomic E-state index is 0.146. The predicted molar refractivity (Wildman–Crippen MR) is 109 cm³/mol. The third-order valence-electron chi connectivity index (χ3n) is 4.47. The van der Waals surface area contributed by atoms with E-state index in [4.69, 9.17) is 0 Å². The normalized spacial score (nSPS) is 13.4. The first-order valence-electron chi connectivity index (χ1n) is 8.88. The zero-order chi connectivity index (χ0) is 20.4. The smallest absolute Gasteiger partial charge is 0.336 e. The van der Waals surface area contributed by atoms with Crippen LogP contribution in [0.5, 0.6) is 0 Å². The Hall–Kier alpha value is -3.57. The van der Waals surface area contributed by atoms with Gasteiger partial charge in [0.05, 0.1) is 35.1 Å². The number of halogens is 1. The van der Waals surface area contributed by atoms with Crippen LogP contribution in [0.3, 0.4) is 0 Å². The number of carbonyl (C=O) groups is 1. The van der Waals surface area contributed by atoms with E-state index in [1.807, 2.05) is 17.5 Å². The lowest BCUT2D eigenvalue weighted by Crippen LogP contribution is -2.19. The Morgan fingerprint density at radius 2 is 2.14 bits per heavy atom. The fraction of sp³-hybridized carbons (Fsp3) is 0.143. The van der Waals surface area contributed by atoms with Crippen molar-refractivity contribution < 1.29 is 14.3 Å². The molecule has 0 amide bonds. The van der Waals surface area contributed by atoms with Crippen LogP contribution in [0.2, 0.25) is 0 Å². The second kappa shape index (κ2) is 7.81. The maximum absolute atomic E-state index is 13.4. The lowest BCUT2D eigenvalue weighted by Gasteiger charge is -2.14. The predicted octanol–water partition coefficient (Wildman–Crippen LogP) is 4.52. The highest BCUT2D eigenvalue weighted by molar-refractivity contribution is 7.14. The van der Waals surface area contributed by atoms with Crippen LogP contribution < -0.4 is 5.01 Å². The van der Waals surface area contributed by atoms with E-state index in [1.54, 1.807) is 17.1 Å². The highest BCUT2D eigenvalue weighted by atomic mass is 32.1. The van der Waals surface area contributed by atoms with Crippen molar-refractivity contribution in [2.45, 2.75) is 18.9 Å². The number of anilines is 1. The summed E-state index contributed by atoms with van der Waals surface area (Å²) in [6.07, 6.45) is 3.33. The SMILES string of the molecule is N#Cc1ccccc1-c1csc(N(N=Cc2ccc(F)cc2C(=O)O)C2CC2)n1. The number of benzene rings is 2. The monoisotopic (exact) mass is 406 g/mol. The van der Waals surface area contributed by atoms with Crippen molar-refractivity contribution in [1.29, 1.82) is 5.26 Å². The molecule has 4 rings (SSSR count). The number of aromatic carboxylic acids is 1. The molecule has 1 aromatic heterocycles. The zero-order valence-corrected chi connectivity index (χ0v) is 15.9. The third-order valence-corrected chi connectivity index (χ3v) is 5.30. The average molecular weight is 406 g/mol. The summed E-state index contributed by atoms with van der Waals surface area (Å²) in [6.45, 7) is 0. The highest BCUT2D eigenvalue weighted by Gasteiger charge is 2.31. The number of hydrogen-bond donors (Lipinski definition) is 1. The number of hydrogen-bond acceptors (Lipinski definition) is 6. The number of carboxylic acids is 1. The standard InChI is InChI=1S/C21H15FN4O2S/c22-15-6-5-14(18(9-15)20(27)28)11-24-26(16-7-8-16)21-25-19(12-29-21)17-4-2-1-3-13(17)10-23/h1-6,9,11-12,16H,7-8H2,(H,27,28). The van der Waals surface area contributed by atoms with Gasteiger partial charge in [-0.3, -0.25) is 0 Å². The van der Waals surface area contributed by atoms with Crippen LogP contribution >= 0.6 is 11.3 Å². The summed E-state index contributed by atoms with van der Waals surface area (Å²) in [5.41, 5.74) is 2.16. The van der Waals surface area contributed by atoms with E-state index in [1.165, 1.54) is 29.7 Å². The Morgan fingerprint density at radius 1 is 1.34 bits per heavy atom. The first kappa shape index (κ1) is 18.8. The molecule has 0 radical (unpaired) electrons. The van der Waals surface area contributed by atoms with E-state index in [0.29, 0.717) is 22.0 Å². The number of carboxylic acid groups (broad SMARTS) is 1. The summed E-state index contributed by atoms with van der Waals surface area (Å²) >= 11 is 1.40. The molecule has 144 valence electrons. The van der Waals surface area contributed by atoms with E-state index in [-0.39, 0.29) is 11.6 Å². The van der Waals surface area contributed by atoms with Crippen LogP contribution in [0.15, 0.2) is 52.9 Å². The van der Waals surface area contributed by atoms with Gasteiger partial charge in [-0.2, -0.15) is 10.4 Å². The number of nitrogens with zero attached hydrogens (tertiary/aromatic N) is 4. The number of aromatic nitrogens is 1. The topological polar surface area (TPSA) is 89.6 Å². The fourth-order valence-electron chi connectivity index (χ4n) is 2.87. The van der Waals surface area contributed by atoms with Crippen LogP contribution in [0.25, 0.3) is 11.3 Å². The molecule has 3 aromatic rings. The number of nitriles is 1. The van der Waals surface area contributed by atoms with E-state index >= 15 is 0 Å². The molecule has 29 heavy (non-hydrogen) atoms. The first-order valence-corrected chi connectivity index (χ1v) is 9.76. The van der Waals surface area contributed by atoms with Gasteiger partial charge in [-0.15, -0.1) is 11.3 Å². The molecule has 0 saturated heterocycles. The molecule has 6 nitrogen and oxygen atoms in total. The molecule has 8 heteroatoms. The van der Waals surface area contributed by atoms with Gasteiger partial charge in [0, 0.05) is 16.5 Å². The van der Waals surface area contributed by atoms with E-state index in [9.17, 15) is 19.6 Å². The summed E-state index contributed by atoms with van der Waals surface area (Å²) in [7, 11) is 0. The van der Waals surface area contributed by atoms with Crippen LogP contribution in [0, 0.1) is 17.1 Å². The molecule has 1 saturated carbocycles. The molecule has 0 spiro atoms. The molecule has 1 heterocycles. The van der Waals surface area contributed by atoms with Crippen molar-refractivity contribution >= 4 is 28.7 Å². The molecule has 2 aromatic carbocycles. The summed E-state index contributed by atoms with van der Waals surface area (Å²) in [5, 5.41) is 27.4. The Morgan fingerprint density at radius 3 is 2.86 bits per heavy atom. The summed E-state index contributed by atoms with van der Waals surface area (Å²) in [5.74, 6) is -1.83. The lowest BCUT2D eigenvalue weighted by atomic mass is 10.1. The van der Waals surface area contributed by atoms with E-state index in [2.05, 4.69) is 16.2 Å². The van der Waals surface area contributed by atoms with Gasteiger partial charge >= 0.3 is 5.97 Å². The van der Waals surface area contributed by atoms with E-state index in [0.717, 1.165) is 24.5 Å². The molecule has 1 aliphatic rings. The third kappa shape index (κ3) is 4.00. The molecule has 1 fully saturated rings. The number of hydrazone groups is 1. The summed E-state index contributed by atoms with van der Waals surface area (Å²) in [6, 6.07) is 13.2. The Kier molecular flexibility index (Phi) is 5.06. The van der Waals surface area contributed by atoms with Gasteiger partial charge < -0.3 is 5.11 Å². The van der Waals surface area contributed by atoms with Crippen molar-refractivity contribution in [2.24, 2.45) is 5.10 Å². The van der Waals surface area contributed by atoms with Gasteiger partial charge in [0.15, 0.2) is 0 Å². The van der Waals surface area contributed by atoms with Crippen molar-refractivity contribution in [3.8, 4) is 17.3 Å². The Balaban J connectivity index is 1.65. The molecule has 0 aliphatic heterocycles. The van der Waals surface area contributed by atoms with Gasteiger partial charge in [0.2, 0.25) is 5.13 Å². The van der Waals surface area contributed by atoms with Gasteiger partial charge in [-0.25, -0.2) is 19.2 Å². The lowest BCUT2D eigenvalue weighted by molar-refractivity contribution is 0.0696. The van der Waals surface area contributed by atoms with Gasteiger partial charge in [-0.05, 0) is 37.1 Å². The van der Waals surface area contributed by atoms with Gasteiger partial charge in [0.1, 0.15) is 5.82 Å². The number of thiazole rings is 1. The van der Waals surface area contributed by atoms with E-state index < -0.39 is 11.8 Å². The van der Waals surface area contributed by atoms with Gasteiger partial charge in [0.25, 0.3) is 0 Å². The molecule has 0 bridgehead atoms. The molecule has 1 aliphatic carbocycles. The highest BCUT2D eigenvalue weighted by Crippen LogP contribution is 2.36. The second-order valence-corrected chi connectivity index (χ2v) is 7.37. The van der Waals surface area contributed by atoms with Crippen molar-refractivity contribution in [3.05, 3.63) is 70.4 Å². The minimum Gasteiger partial charge on any atom is -0.478 e. The van der Waals surface area contributed by atoms with Crippen molar-refractivity contribution in [3.63, 3.8) is 0 Å². The maximum atomic E-state index is 13.4.